The van der Waals surface area contributed by atoms with Crippen LogP contribution in [0.2, 0.25) is 0 Å². The topological polar surface area (TPSA) is 132 Å². The average molecular weight is 335 g/mol. The van der Waals surface area contributed by atoms with Crippen molar-refractivity contribution in [1.82, 2.24) is 5.32 Å². The van der Waals surface area contributed by atoms with Gasteiger partial charge in [-0.25, -0.2) is 13.6 Å². The standard InChI is InChI=1S/C14H13N3O5S/c15-23(21,22)13-7-1-10(2-8-13)9-16-14(18)11-3-5-12(6-4-11)17(19)20/h1-8H,9H2,(H,16,18)(H2,15,21,22). The fourth-order valence-electron chi connectivity index (χ4n) is 1.82. The first-order valence-corrected chi connectivity index (χ1v) is 7.96. The number of benzene rings is 2. The first-order valence-electron chi connectivity index (χ1n) is 6.42. The predicted molar refractivity (Wildman–Crippen MR) is 82.1 cm³/mol. The molecular formula is C14H13N3O5S. The lowest BCUT2D eigenvalue weighted by molar-refractivity contribution is -0.384. The largest absolute Gasteiger partial charge is 0.348 e. The minimum Gasteiger partial charge on any atom is -0.348 e. The van der Waals surface area contributed by atoms with Gasteiger partial charge in [-0.3, -0.25) is 14.9 Å². The summed E-state index contributed by atoms with van der Waals surface area (Å²) in [6.45, 7) is 0.181. The van der Waals surface area contributed by atoms with Crippen LogP contribution in [0.4, 0.5) is 5.69 Å². The van der Waals surface area contributed by atoms with Crippen molar-refractivity contribution in [2.75, 3.05) is 0 Å². The number of non-ortho nitro benzene ring substituents is 1. The highest BCUT2D eigenvalue weighted by Gasteiger charge is 2.10. The van der Waals surface area contributed by atoms with E-state index in [4.69, 9.17) is 5.14 Å². The van der Waals surface area contributed by atoms with Gasteiger partial charge in [0.25, 0.3) is 11.6 Å². The Morgan fingerprint density at radius 2 is 1.65 bits per heavy atom. The van der Waals surface area contributed by atoms with Gasteiger partial charge in [0.15, 0.2) is 0 Å². The van der Waals surface area contributed by atoms with Crippen LogP contribution in [-0.2, 0) is 16.6 Å². The summed E-state index contributed by atoms with van der Waals surface area (Å²) in [6.07, 6.45) is 0. The van der Waals surface area contributed by atoms with Gasteiger partial charge < -0.3 is 5.32 Å². The number of hydrogen-bond donors (Lipinski definition) is 2. The third-order valence-electron chi connectivity index (χ3n) is 3.05. The lowest BCUT2D eigenvalue weighted by atomic mass is 10.2. The molecule has 9 heteroatoms. The van der Waals surface area contributed by atoms with Crippen molar-refractivity contribution in [2.45, 2.75) is 11.4 Å². The lowest BCUT2D eigenvalue weighted by Gasteiger charge is -2.06. The molecule has 0 aromatic heterocycles. The van der Waals surface area contributed by atoms with E-state index in [1.54, 1.807) is 0 Å². The van der Waals surface area contributed by atoms with Crippen LogP contribution >= 0.6 is 0 Å². The Labute approximate surface area is 132 Å². The molecule has 0 spiro atoms. The number of carbonyl (C=O) groups excluding carboxylic acids is 1. The third-order valence-corrected chi connectivity index (χ3v) is 3.97. The van der Waals surface area contributed by atoms with Crippen molar-refractivity contribution < 1.29 is 18.1 Å². The van der Waals surface area contributed by atoms with E-state index in [0.29, 0.717) is 5.56 Å². The lowest BCUT2D eigenvalue weighted by Crippen LogP contribution is -2.22. The maximum Gasteiger partial charge on any atom is 0.269 e. The Kier molecular flexibility index (Phi) is 4.72. The van der Waals surface area contributed by atoms with Gasteiger partial charge in [0, 0.05) is 24.2 Å². The second-order valence-electron chi connectivity index (χ2n) is 4.68. The smallest absolute Gasteiger partial charge is 0.269 e. The average Bonchev–Trinajstić information content (AvgIpc) is 2.52. The van der Waals surface area contributed by atoms with Crippen LogP contribution < -0.4 is 10.5 Å². The molecule has 8 nitrogen and oxygen atoms in total. The number of rotatable bonds is 5. The fraction of sp³-hybridized carbons (Fsp3) is 0.0714. The molecule has 0 bridgehead atoms. The van der Waals surface area contributed by atoms with Crippen LogP contribution in [0, 0.1) is 10.1 Å². The zero-order valence-electron chi connectivity index (χ0n) is 11.8. The van der Waals surface area contributed by atoms with Crippen LogP contribution in [0.3, 0.4) is 0 Å². The number of nitrogens with one attached hydrogen (secondary N) is 1. The number of amides is 1. The van der Waals surface area contributed by atoms with Gasteiger partial charge in [-0.2, -0.15) is 0 Å². The molecule has 0 aliphatic rings. The molecule has 0 atom stereocenters. The van der Waals surface area contributed by atoms with Gasteiger partial charge in [0.1, 0.15) is 0 Å². The second kappa shape index (κ2) is 6.55. The molecule has 0 heterocycles. The van der Waals surface area contributed by atoms with E-state index >= 15 is 0 Å². The number of hydrogen-bond acceptors (Lipinski definition) is 5. The first kappa shape index (κ1) is 16.6. The van der Waals surface area contributed by atoms with E-state index in [1.807, 2.05) is 0 Å². The number of sulfonamides is 1. The van der Waals surface area contributed by atoms with Gasteiger partial charge in [-0.05, 0) is 29.8 Å². The van der Waals surface area contributed by atoms with E-state index in [0.717, 1.165) is 0 Å². The Morgan fingerprint density at radius 1 is 1.09 bits per heavy atom. The summed E-state index contributed by atoms with van der Waals surface area (Å²) in [4.78, 5) is 21.9. The fourth-order valence-corrected chi connectivity index (χ4v) is 2.33. The second-order valence-corrected chi connectivity index (χ2v) is 6.24. The molecule has 0 unspecified atom stereocenters. The van der Waals surface area contributed by atoms with Gasteiger partial charge in [-0.1, -0.05) is 12.1 Å². The number of carbonyl (C=O) groups is 1. The van der Waals surface area contributed by atoms with E-state index in [1.165, 1.54) is 48.5 Å². The molecule has 0 aliphatic carbocycles. The van der Waals surface area contributed by atoms with E-state index in [-0.39, 0.29) is 22.7 Å². The molecule has 2 aromatic rings. The number of primary sulfonamides is 1. The van der Waals surface area contributed by atoms with Crippen LogP contribution in [0.1, 0.15) is 15.9 Å². The monoisotopic (exact) mass is 335 g/mol. The van der Waals surface area contributed by atoms with E-state index < -0.39 is 20.9 Å². The number of nitro groups is 1. The summed E-state index contributed by atoms with van der Waals surface area (Å²) in [5.74, 6) is -0.393. The highest BCUT2D eigenvalue weighted by molar-refractivity contribution is 7.89. The van der Waals surface area contributed by atoms with Gasteiger partial charge in [-0.15, -0.1) is 0 Å². The molecule has 1 amide bonds. The molecule has 23 heavy (non-hydrogen) atoms. The quantitative estimate of drug-likeness (QED) is 0.625. The summed E-state index contributed by atoms with van der Waals surface area (Å²) >= 11 is 0. The normalized spacial score (nSPS) is 11.0. The maximum absolute atomic E-state index is 11.9. The molecule has 0 aliphatic heterocycles. The van der Waals surface area contributed by atoms with Crippen LogP contribution in [-0.4, -0.2) is 19.2 Å². The minimum absolute atomic E-state index is 0.0112. The summed E-state index contributed by atoms with van der Waals surface area (Å²) in [7, 11) is -3.75. The summed E-state index contributed by atoms with van der Waals surface area (Å²) < 4.78 is 22.3. The van der Waals surface area contributed by atoms with Gasteiger partial charge in [0.2, 0.25) is 10.0 Å². The Hall–Kier alpha value is -2.78. The molecule has 2 aromatic carbocycles. The third kappa shape index (κ3) is 4.34. The van der Waals surface area contributed by atoms with Crippen molar-refractivity contribution in [2.24, 2.45) is 5.14 Å². The number of nitrogens with zero attached hydrogens (tertiary/aromatic N) is 1. The zero-order chi connectivity index (χ0) is 17.0. The van der Waals surface area contributed by atoms with Crippen molar-refractivity contribution in [3.05, 3.63) is 69.8 Å². The molecule has 0 saturated carbocycles. The number of nitrogens with two attached hydrogens (primary N) is 1. The summed E-state index contributed by atoms with van der Waals surface area (Å²) in [5, 5.41) is 18.2. The molecule has 2 rings (SSSR count). The van der Waals surface area contributed by atoms with Gasteiger partial charge >= 0.3 is 0 Å². The van der Waals surface area contributed by atoms with Gasteiger partial charge in [0.05, 0.1) is 9.82 Å². The SMILES string of the molecule is NS(=O)(=O)c1ccc(CNC(=O)c2ccc([N+](=O)[O-])cc2)cc1. The van der Waals surface area contributed by atoms with Crippen LogP contribution in [0.15, 0.2) is 53.4 Å². The van der Waals surface area contributed by atoms with Crippen LogP contribution in [0.5, 0.6) is 0 Å². The first-order chi connectivity index (χ1) is 10.8. The van der Waals surface area contributed by atoms with Crippen molar-refractivity contribution in [3.63, 3.8) is 0 Å². The Bertz CT molecular complexity index is 830. The van der Waals surface area contributed by atoms with E-state index in [2.05, 4.69) is 5.32 Å². The van der Waals surface area contributed by atoms with Crippen molar-refractivity contribution in [3.8, 4) is 0 Å². The molecule has 0 saturated heterocycles. The molecule has 120 valence electrons. The maximum atomic E-state index is 11.9. The predicted octanol–water partition coefficient (Wildman–Crippen LogP) is 1.17. The summed E-state index contributed by atoms with van der Waals surface area (Å²) in [5.41, 5.74) is 0.879. The molecule has 0 radical (unpaired) electrons. The van der Waals surface area contributed by atoms with Crippen molar-refractivity contribution >= 4 is 21.6 Å². The van der Waals surface area contributed by atoms with E-state index in [9.17, 15) is 23.3 Å². The summed E-state index contributed by atoms with van der Waals surface area (Å²) in [6, 6.07) is 11.0. The highest BCUT2D eigenvalue weighted by Crippen LogP contribution is 2.12. The molecule has 0 fully saturated rings. The number of nitro benzene ring substituents is 1. The van der Waals surface area contributed by atoms with Crippen molar-refractivity contribution in [1.29, 1.82) is 0 Å². The minimum atomic E-state index is -3.75. The Morgan fingerprint density at radius 3 is 2.13 bits per heavy atom. The molecule has 3 N–H and O–H groups in total. The Balaban J connectivity index is 2.00. The molecular weight excluding hydrogens is 322 g/mol. The highest BCUT2D eigenvalue weighted by atomic mass is 32.2. The van der Waals surface area contributed by atoms with Crippen LogP contribution in [0.25, 0.3) is 0 Å². The zero-order valence-corrected chi connectivity index (χ0v) is 12.6.